The monoisotopic (exact) mass is 550 g/mol. The number of benzene rings is 2. The Hall–Kier alpha value is -3.73. The zero-order valence-corrected chi connectivity index (χ0v) is 22.8. The summed E-state index contributed by atoms with van der Waals surface area (Å²) in [7, 11) is 3.02. The van der Waals surface area contributed by atoms with Crippen LogP contribution < -0.4 is 11.2 Å². The van der Waals surface area contributed by atoms with Gasteiger partial charge >= 0.3 is 11.7 Å². The van der Waals surface area contributed by atoms with Crippen molar-refractivity contribution in [1.29, 1.82) is 0 Å². The molecule has 0 bridgehead atoms. The molecule has 3 heterocycles. The van der Waals surface area contributed by atoms with Gasteiger partial charge in [0.25, 0.3) is 5.56 Å². The fraction of sp³-hybridized carbons (Fsp3) is 0.357. The third-order valence-corrected chi connectivity index (χ3v) is 7.40. The van der Waals surface area contributed by atoms with Crippen LogP contribution in [0.15, 0.2) is 70.5 Å². The Balaban J connectivity index is 1.32. The third-order valence-electron chi connectivity index (χ3n) is 7.15. The zero-order chi connectivity index (χ0) is 27.5. The largest absolute Gasteiger partial charge is 0.456 e. The Labute approximate surface area is 230 Å². The quantitative estimate of drug-likeness (QED) is 0.310. The summed E-state index contributed by atoms with van der Waals surface area (Å²) in [4.78, 5) is 47.3. The van der Waals surface area contributed by atoms with Gasteiger partial charge in [-0.2, -0.15) is 0 Å². The Morgan fingerprint density at radius 3 is 2.28 bits per heavy atom. The lowest BCUT2D eigenvalue weighted by molar-refractivity contribution is 0.00920. The molecule has 0 radical (unpaired) electrons. The number of hydrogen-bond acceptors (Lipinski definition) is 7. The standard InChI is InChI=1S/C28H31ClN6O4/c1-31-25-24(26(36)32(2)28(31)38)35(19-30-25)18-23(39-27(37)21-6-4-3-5-7-21)17-34-14-12-33(13-15-34)16-20-8-10-22(29)11-9-20/h3-11,19,23H,12-18H2,1-2H3. The molecule has 11 heteroatoms. The molecule has 1 aliphatic heterocycles. The van der Waals surface area contributed by atoms with Gasteiger partial charge in [-0.05, 0) is 29.8 Å². The Morgan fingerprint density at radius 1 is 0.923 bits per heavy atom. The first-order chi connectivity index (χ1) is 18.8. The maximum atomic E-state index is 13.0. The van der Waals surface area contributed by atoms with Crippen LogP contribution in [-0.2, 0) is 31.9 Å². The van der Waals surface area contributed by atoms with Crippen molar-refractivity contribution in [3.05, 3.63) is 97.9 Å². The third kappa shape index (κ3) is 5.98. The second kappa shape index (κ2) is 11.6. The second-order valence-corrected chi connectivity index (χ2v) is 10.3. The number of ether oxygens (including phenoxy) is 1. The van der Waals surface area contributed by atoms with Gasteiger partial charge < -0.3 is 9.30 Å². The lowest BCUT2D eigenvalue weighted by Gasteiger charge is -2.36. The lowest BCUT2D eigenvalue weighted by Crippen LogP contribution is -2.49. The number of esters is 1. The van der Waals surface area contributed by atoms with E-state index in [1.165, 1.54) is 23.5 Å². The van der Waals surface area contributed by atoms with E-state index in [-0.39, 0.29) is 6.54 Å². The fourth-order valence-electron chi connectivity index (χ4n) is 4.95. The van der Waals surface area contributed by atoms with Gasteiger partial charge in [-0.1, -0.05) is 41.9 Å². The summed E-state index contributed by atoms with van der Waals surface area (Å²) in [6.45, 7) is 4.95. The highest BCUT2D eigenvalue weighted by atomic mass is 35.5. The van der Waals surface area contributed by atoms with E-state index in [0.29, 0.717) is 23.3 Å². The molecular formula is C28H31ClN6O4. The number of piperazine rings is 1. The molecule has 0 N–H and O–H groups in total. The van der Waals surface area contributed by atoms with Crippen LogP contribution in [0.3, 0.4) is 0 Å². The summed E-state index contributed by atoms with van der Waals surface area (Å²) in [5.74, 6) is -0.424. The van der Waals surface area contributed by atoms with Crippen LogP contribution in [-0.4, -0.2) is 73.3 Å². The summed E-state index contributed by atoms with van der Waals surface area (Å²) in [6, 6.07) is 16.8. The number of hydrogen-bond donors (Lipinski definition) is 0. The summed E-state index contributed by atoms with van der Waals surface area (Å²) >= 11 is 6.02. The minimum Gasteiger partial charge on any atom is -0.456 e. The maximum absolute atomic E-state index is 13.0. The van der Waals surface area contributed by atoms with Crippen molar-refractivity contribution in [2.75, 3.05) is 32.7 Å². The number of carbonyl (C=O) groups excluding carboxylic acids is 1. The smallest absolute Gasteiger partial charge is 0.338 e. The summed E-state index contributed by atoms with van der Waals surface area (Å²) in [6.07, 6.45) is 0.985. The van der Waals surface area contributed by atoms with Crippen molar-refractivity contribution in [2.45, 2.75) is 19.2 Å². The number of aromatic nitrogens is 4. The Kier molecular flexibility index (Phi) is 7.97. The highest BCUT2D eigenvalue weighted by Gasteiger charge is 2.25. The van der Waals surface area contributed by atoms with E-state index in [9.17, 15) is 14.4 Å². The van der Waals surface area contributed by atoms with E-state index in [1.54, 1.807) is 35.9 Å². The van der Waals surface area contributed by atoms with Crippen LogP contribution in [0.2, 0.25) is 5.02 Å². The number of fused-ring (bicyclic) bond motifs is 1. The number of rotatable bonds is 8. The molecule has 1 aliphatic rings. The van der Waals surface area contributed by atoms with Crippen LogP contribution in [0, 0.1) is 0 Å². The predicted octanol–water partition coefficient (Wildman–Crippen LogP) is 2.13. The van der Waals surface area contributed by atoms with Crippen LogP contribution >= 0.6 is 11.6 Å². The molecule has 1 fully saturated rings. The first-order valence-electron chi connectivity index (χ1n) is 12.9. The predicted molar refractivity (Wildman–Crippen MR) is 149 cm³/mol. The molecule has 0 saturated carbocycles. The normalized spacial score (nSPS) is 15.5. The molecule has 0 spiro atoms. The molecule has 10 nitrogen and oxygen atoms in total. The number of nitrogens with zero attached hydrogens (tertiary/aromatic N) is 6. The topological polar surface area (TPSA) is 94.6 Å². The number of carbonyl (C=O) groups is 1. The molecule has 1 unspecified atom stereocenters. The van der Waals surface area contributed by atoms with E-state index >= 15 is 0 Å². The van der Waals surface area contributed by atoms with Gasteiger partial charge in [-0.15, -0.1) is 0 Å². The van der Waals surface area contributed by atoms with Crippen molar-refractivity contribution in [3.63, 3.8) is 0 Å². The molecule has 4 aromatic rings. The molecular weight excluding hydrogens is 520 g/mol. The van der Waals surface area contributed by atoms with Crippen LogP contribution in [0.4, 0.5) is 0 Å². The lowest BCUT2D eigenvalue weighted by atomic mass is 10.2. The summed E-state index contributed by atoms with van der Waals surface area (Å²) in [5, 5.41) is 0.727. The molecule has 1 atom stereocenters. The zero-order valence-electron chi connectivity index (χ0n) is 22.0. The van der Waals surface area contributed by atoms with Crippen molar-refractivity contribution in [3.8, 4) is 0 Å². The Bertz CT molecular complexity index is 1570. The van der Waals surface area contributed by atoms with Crippen LogP contribution in [0.25, 0.3) is 11.2 Å². The minimum absolute atomic E-state index is 0.230. The average molecular weight is 551 g/mol. The van der Waals surface area contributed by atoms with Crippen LogP contribution in [0.1, 0.15) is 15.9 Å². The SMILES string of the molecule is Cn1c(=O)c2c(ncn2CC(CN2CCN(Cc3ccc(Cl)cc3)CC2)OC(=O)c2ccccc2)n(C)c1=O. The number of imidazole rings is 1. The highest BCUT2D eigenvalue weighted by Crippen LogP contribution is 2.15. The Morgan fingerprint density at radius 2 is 1.59 bits per heavy atom. The maximum Gasteiger partial charge on any atom is 0.338 e. The van der Waals surface area contributed by atoms with Crippen molar-refractivity contribution in [2.24, 2.45) is 14.1 Å². The first-order valence-corrected chi connectivity index (χ1v) is 13.2. The molecule has 1 saturated heterocycles. The van der Waals surface area contributed by atoms with Gasteiger partial charge in [0.05, 0.1) is 18.4 Å². The van der Waals surface area contributed by atoms with Crippen molar-refractivity contribution >= 4 is 28.7 Å². The van der Waals surface area contributed by atoms with E-state index in [2.05, 4.69) is 14.8 Å². The van der Waals surface area contributed by atoms with E-state index in [4.69, 9.17) is 16.3 Å². The molecule has 5 rings (SSSR count). The summed E-state index contributed by atoms with van der Waals surface area (Å²) in [5.41, 5.74) is 1.39. The molecule has 0 aliphatic carbocycles. The van der Waals surface area contributed by atoms with Gasteiger partial charge in [0, 0.05) is 58.4 Å². The molecule has 2 aromatic carbocycles. The van der Waals surface area contributed by atoms with Crippen molar-refractivity contribution < 1.29 is 9.53 Å². The van der Waals surface area contributed by atoms with Crippen molar-refractivity contribution in [1.82, 2.24) is 28.5 Å². The second-order valence-electron chi connectivity index (χ2n) is 9.87. The highest BCUT2D eigenvalue weighted by molar-refractivity contribution is 6.30. The molecule has 39 heavy (non-hydrogen) atoms. The van der Waals surface area contributed by atoms with Gasteiger partial charge in [0.2, 0.25) is 0 Å². The minimum atomic E-state index is -0.542. The van der Waals surface area contributed by atoms with Crippen LogP contribution in [0.5, 0.6) is 0 Å². The first kappa shape index (κ1) is 26.9. The molecule has 0 amide bonds. The van der Waals surface area contributed by atoms with Gasteiger partial charge in [0.15, 0.2) is 11.2 Å². The molecule has 2 aromatic heterocycles. The number of aryl methyl sites for hydroxylation is 1. The molecule has 204 valence electrons. The average Bonchev–Trinajstić information content (AvgIpc) is 3.37. The van der Waals surface area contributed by atoms with Gasteiger partial charge in [-0.3, -0.25) is 23.7 Å². The van der Waals surface area contributed by atoms with E-state index in [1.807, 2.05) is 30.3 Å². The van der Waals surface area contributed by atoms with Gasteiger partial charge in [0.1, 0.15) is 6.10 Å². The van der Waals surface area contributed by atoms with Gasteiger partial charge in [-0.25, -0.2) is 14.6 Å². The fourth-order valence-corrected chi connectivity index (χ4v) is 5.07. The van der Waals surface area contributed by atoms with E-state index in [0.717, 1.165) is 42.3 Å². The summed E-state index contributed by atoms with van der Waals surface area (Å²) < 4.78 is 10.1. The number of halogens is 1. The van der Waals surface area contributed by atoms with E-state index < -0.39 is 23.3 Å².